The van der Waals surface area contributed by atoms with Crippen LogP contribution in [0.3, 0.4) is 0 Å². The molecule has 0 saturated carbocycles. The van der Waals surface area contributed by atoms with Crippen LogP contribution in [-0.4, -0.2) is 5.54 Å². The van der Waals surface area contributed by atoms with Crippen LogP contribution in [0.1, 0.15) is 90.5 Å². The van der Waals surface area contributed by atoms with Gasteiger partial charge in [0.25, 0.3) is 0 Å². The third-order valence-electron chi connectivity index (χ3n) is 5.04. The number of nitrogens with one attached hydrogen (secondary N) is 1. The second-order valence-electron chi connectivity index (χ2n) is 7.38. The van der Waals surface area contributed by atoms with Gasteiger partial charge in [-0.2, -0.15) is 0 Å². The summed E-state index contributed by atoms with van der Waals surface area (Å²) < 4.78 is 0. The molecule has 1 aliphatic rings. The topological polar surface area (TPSA) is 12.0 Å². The summed E-state index contributed by atoms with van der Waals surface area (Å²) in [6.45, 7) is 6.94. The molecule has 0 spiro atoms. The fourth-order valence-electron chi connectivity index (χ4n) is 3.68. The number of benzene rings is 1. The van der Waals surface area contributed by atoms with Crippen molar-refractivity contribution in [3.63, 3.8) is 0 Å². The molecule has 1 heteroatoms. The lowest BCUT2D eigenvalue weighted by Gasteiger charge is -2.36. The van der Waals surface area contributed by atoms with Crippen molar-refractivity contribution in [1.29, 1.82) is 0 Å². The van der Waals surface area contributed by atoms with Crippen molar-refractivity contribution in [2.75, 3.05) is 5.32 Å². The molecule has 1 aliphatic heterocycles. The molecule has 1 nitrogen and oxygen atoms in total. The summed E-state index contributed by atoms with van der Waals surface area (Å²) in [4.78, 5) is 0. The van der Waals surface area contributed by atoms with E-state index in [4.69, 9.17) is 0 Å². The van der Waals surface area contributed by atoms with Crippen LogP contribution in [0.2, 0.25) is 0 Å². The van der Waals surface area contributed by atoms with Crippen molar-refractivity contribution in [2.24, 2.45) is 0 Å². The standard InChI is InChI=1S/C22H35N/c1-4-6-8-10-14-19-18-22(3,17-13-9-7-5-2)23-21-16-12-11-15-20(19)21/h11-12,15-16,18,23H,4-10,13-14,17H2,1-3H3. The summed E-state index contributed by atoms with van der Waals surface area (Å²) in [6.07, 6.45) is 15.7. The lowest BCUT2D eigenvalue weighted by molar-refractivity contribution is 0.517. The van der Waals surface area contributed by atoms with Crippen LogP contribution in [-0.2, 0) is 0 Å². The van der Waals surface area contributed by atoms with Crippen LogP contribution in [0.5, 0.6) is 0 Å². The van der Waals surface area contributed by atoms with Crippen LogP contribution in [0.15, 0.2) is 30.3 Å². The van der Waals surface area contributed by atoms with E-state index in [1.54, 1.807) is 5.57 Å². The zero-order valence-electron chi connectivity index (χ0n) is 15.5. The molecule has 1 atom stereocenters. The average molecular weight is 314 g/mol. The molecule has 1 heterocycles. The molecule has 128 valence electrons. The van der Waals surface area contributed by atoms with E-state index in [9.17, 15) is 0 Å². The molecule has 1 unspecified atom stereocenters. The van der Waals surface area contributed by atoms with Crippen molar-refractivity contribution < 1.29 is 0 Å². The number of allylic oxidation sites excluding steroid dienone is 1. The van der Waals surface area contributed by atoms with E-state index in [0.717, 1.165) is 0 Å². The summed E-state index contributed by atoms with van der Waals surface area (Å²) in [6, 6.07) is 8.86. The molecule has 0 radical (unpaired) electrons. The van der Waals surface area contributed by atoms with Gasteiger partial charge in [-0.3, -0.25) is 0 Å². The lowest BCUT2D eigenvalue weighted by atomic mass is 9.83. The third-order valence-corrected chi connectivity index (χ3v) is 5.04. The van der Waals surface area contributed by atoms with Gasteiger partial charge in [-0.15, -0.1) is 0 Å². The number of hydrogen-bond donors (Lipinski definition) is 1. The van der Waals surface area contributed by atoms with Crippen LogP contribution in [0.4, 0.5) is 5.69 Å². The van der Waals surface area contributed by atoms with Gasteiger partial charge < -0.3 is 5.32 Å². The number of hydrogen-bond acceptors (Lipinski definition) is 1. The van der Waals surface area contributed by atoms with Crippen molar-refractivity contribution >= 4 is 11.3 Å². The van der Waals surface area contributed by atoms with Crippen molar-refractivity contribution in [3.05, 3.63) is 35.9 Å². The Bertz CT molecular complexity index is 502. The molecule has 23 heavy (non-hydrogen) atoms. The number of rotatable bonds is 10. The zero-order valence-corrected chi connectivity index (χ0v) is 15.5. The SMILES string of the molecule is CCCCCCC1=CC(C)(CCCCCC)Nc2ccccc21. The summed E-state index contributed by atoms with van der Waals surface area (Å²) in [5, 5.41) is 3.81. The molecule has 2 rings (SSSR count). The van der Waals surface area contributed by atoms with E-state index >= 15 is 0 Å². The Morgan fingerprint density at radius 3 is 2.30 bits per heavy atom. The van der Waals surface area contributed by atoms with Crippen molar-refractivity contribution in [3.8, 4) is 0 Å². The minimum absolute atomic E-state index is 0.127. The van der Waals surface area contributed by atoms with Gasteiger partial charge in [0, 0.05) is 11.3 Å². The normalized spacial score (nSPS) is 19.9. The molecule has 1 aromatic rings. The Labute approximate surface area is 143 Å². The molecular weight excluding hydrogens is 278 g/mol. The first-order valence-electron chi connectivity index (χ1n) is 9.78. The Hall–Kier alpha value is -1.24. The van der Waals surface area contributed by atoms with Crippen LogP contribution < -0.4 is 5.32 Å². The Morgan fingerprint density at radius 1 is 0.870 bits per heavy atom. The summed E-state index contributed by atoms with van der Waals surface area (Å²) in [5.74, 6) is 0. The van der Waals surface area contributed by atoms with Gasteiger partial charge in [0.2, 0.25) is 0 Å². The highest BCUT2D eigenvalue weighted by Crippen LogP contribution is 2.38. The van der Waals surface area contributed by atoms with E-state index < -0.39 is 0 Å². The van der Waals surface area contributed by atoms with E-state index in [1.165, 1.54) is 75.5 Å². The third kappa shape index (κ3) is 5.41. The molecule has 0 amide bonds. The molecule has 0 fully saturated rings. The highest BCUT2D eigenvalue weighted by molar-refractivity contribution is 5.81. The van der Waals surface area contributed by atoms with Gasteiger partial charge in [-0.25, -0.2) is 0 Å². The number of anilines is 1. The molecule has 1 N–H and O–H groups in total. The van der Waals surface area contributed by atoms with Crippen LogP contribution in [0.25, 0.3) is 5.57 Å². The van der Waals surface area contributed by atoms with Crippen LogP contribution >= 0.6 is 0 Å². The smallest absolute Gasteiger partial charge is 0.0534 e. The van der Waals surface area contributed by atoms with E-state index in [1.807, 2.05) is 0 Å². The second-order valence-corrected chi connectivity index (χ2v) is 7.38. The molecule has 0 aromatic heterocycles. The second kappa shape index (κ2) is 9.15. The van der Waals surface area contributed by atoms with Gasteiger partial charge in [-0.1, -0.05) is 83.1 Å². The maximum absolute atomic E-state index is 3.81. The summed E-state index contributed by atoms with van der Waals surface area (Å²) >= 11 is 0. The largest absolute Gasteiger partial charge is 0.376 e. The highest BCUT2D eigenvalue weighted by Gasteiger charge is 2.27. The maximum Gasteiger partial charge on any atom is 0.0534 e. The molecule has 0 aliphatic carbocycles. The Balaban J connectivity index is 2.06. The molecular formula is C22H35N. The minimum atomic E-state index is 0.127. The molecule has 0 bridgehead atoms. The van der Waals surface area contributed by atoms with Gasteiger partial charge in [0.15, 0.2) is 0 Å². The predicted molar refractivity (Wildman–Crippen MR) is 104 cm³/mol. The number of unbranched alkanes of at least 4 members (excludes halogenated alkanes) is 6. The fourth-order valence-corrected chi connectivity index (χ4v) is 3.68. The first-order valence-corrected chi connectivity index (χ1v) is 9.78. The van der Waals surface area contributed by atoms with E-state index in [-0.39, 0.29) is 5.54 Å². The average Bonchev–Trinajstić information content (AvgIpc) is 2.55. The molecule has 1 aromatic carbocycles. The Morgan fingerprint density at radius 2 is 1.57 bits per heavy atom. The molecule has 0 saturated heterocycles. The maximum atomic E-state index is 3.81. The summed E-state index contributed by atoms with van der Waals surface area (Å²) in [5.41, 5.74) is 4.45. The van der Waals surface area contributed by atoms with Crippen molar-refractivity contribution in [2.45, 2.75) is 90.5 Å². The lowest BCUT2D eigenvalue weighted by Crippen LogP contribution is -2.35. The predicted octanol–water partition coefficient (Wildman–Crippen LogP) is 7.20. The quantitative estimate of drug-likeness (QED) is 0.450. The van der Waals surface area contributed by atoms with Gasteiger partial charge >= 0.3 is 0 Å². The Kier molecular flexibility index (Phi) is 7.20. The number of para-hydroxylation sites is 1. The first-order chi connectivity index (χ1) is 11.2. The van der Waals surface area contributed by atoms with Crippen LogP contribution in [0, 0.1) is 0 Å². The first kappa shape index (κ1) is 18.1. The summed E-state index contributed by atoms with van der Waals surface area (Å²) in [7, 11) is 0. The van der Waals surface area contributed by atoms with Gasteiger partial charge in [0.05, 0.1) is 5.54 Å². The van der Waals surface area contributed by atoms with Crippen molar-refractivity contribution in [1.82, 2.24) is 0 Å². The zero-order chi connectivity index (χ0) is 16.5. The minimum Gasteiger partial charge on any atom is -0.376 e. The van der Waals surface area contributed by atoms with Gasteiger partial charge in [0.1, 0.15) is 0 Å². The van der Waals surface area contributed by atoms with Gasteiger partial charge in [-0.05, 0) is 37.8 Å². The monoisotopic (exact) mass is 313 g/mol. The highest BCUT2D eigenvalue weighted by atomic mass is 15.0. The number of fused-ring (bicyclic) bond motifs is 1. The fraction of sp³-hybridized carbons (Fsp3) is 0.636. The van der Waals surface area contributed by atoms with E-state index in [2.05, 4.69) is 56.4 Å². The van der Waals surface area contributed by atoms with E-state index in [0.29, 0.717) is 0 Å².